The van der Waals surface area contributed by atoms with Crippen molar-refractivity contribution in [2.75, 3.05) is 12.3 Å². The van der Waals surface area contributed by atoms with Gasteiger partial charge in [-0.15, -0.1) is 0 Å². The molecule has 1 heterocycles. The van der Waals surface area contributed by atoms with Crippen molar-refractivity contribution in [2.45, 2.75) is 39.2 Å². The van der Waals surface area contributed by atoms with Crippen LogP contribution in [0.1, 0.15) is 33.6 Å². The Bertz CT molecular complexity index is 332. The van der Waals surface area contributed by atoms with E-state index in [4.69, 9.17) is 0 Å². The Labute approximate surface area is 85.3 Å². The molecule has 0 aliphatic carbocycles. The van der Waals surface area contributed by atoms with Crippen LogP contribution in [0.2, 0.25) is 0 Å². The first-order chi connectivity index (χ1) is 6.32. The molecule has 1 aliphatic rings. The van der Waals surface area contributed by atoms with E-state index >= 15 is 0 Å². The summed E-state index contributed by atoms with van der Waals surface area (Å²) in [4.78, 5) is 11.6. The molecular weight excluding hydrogens is 202 g/mol. The van der Waals surface area contributed by atoms with Crippen molar-refractivity contribution in [1.29, 1.82) is 0 Å². The molecule has 0 bridgehead atoms. The maximum absolute atomic E-state index is 11.7. The first kappa shape index (κ1) is 11.7. The fraction of sp³-hybridized carbons (Fsp3) is 0.889. The molecule has 1 rings (SSSR count). The van der Waals surface area contributed by atoms with Gasteiger partial charge in [0.05, 0.1) is 11.3 Å². The predicted molar refractivity (Wildman–Crippen MR) is 54.5 cm³/mol. The van der Waals surface area contributed by atoms with Crippen molar-refractivity contribution < 1.29 is 13.2 Å². The number of rotatable bonds is 2. The molecule has 4 nitrogen and oxygen atoms in total. The second-order valence-electron chi connectivity index (χ2n) is 4.06. The molecule has 0 radical (unpaired) electrons. The summed E-state index contributed by atoms with van der Waals surface area (Å²) in [6, 6.07) is 0. The highest BCUT2D eigenvalue weighted by atomic mass is 32.2. The SMILES string of the molecule is CCS(=O)(=O)N1CCCC(=O)C1(C)C. The van der Waals surface area contributed by atoms with Gasteiger partial charge in [-0.25, -0.2) is 8.42 Å². The van der Waals surface area contributed by atoms with Crippen LogP contribution in [0.5, 0.6) is 0 Å². The Balaban J connectivity index is 3.05. The average Bonchev–Trinajstić information content (AvgIpc) is 2.09. The van der Waals surface area contributed by atoms with Crippen LogP contribution in [0.4, 0.5) is 0 Å². The van der Waals surface area contributed by atoms with E-state index in [2.05, 4.69) is 0 Å². The summed E-state index contributed by atoms with van der Waals surface area (Å²) in [5, 5.41) is 0. The van der Waals surface area contributed by atoms with Crippen LogP contribution in [0.15, 0.2) is 0 Å². The lowest BCUT2D eigenvalue weighted by Crippen LogP contribution is -2.56. The van der Waals surface area contributed by atoms with Crippen molar-refractivity contribution in [3.63, 3.8) is 0 Å². The van der Waals surface area contributed by atoms with Gasteiger partial charge in [0.1, 0.15) is 0 Å². The maximum Gasteiger partial charge on any atom is 0.214 e. The Kier molecular flexibility index (Phi) is 3.02. The molecule has 0 unspecified atom stereocenters. The minimum absolute atomic E-state index is 0.0146. The van der Waals surface area contributed by atoms with Gasteiger partial charge in [0, 0.05) is 13.0 Å². The minimum atomic E-state index is -3.25. The van der Waals surface area contributed by atoms with Crippen LogP contribution < -0.4 is 0 Å². The summed E-state index contributed by atoms with van der Waals surface area (Å²) in [5.41, 5.74) is -0.854. The number of ketones is 1. The summed E-state index contributed by atoms with van der Waals surface area (Å²) in [6.45, 7) is 5.43. The van der Waals surface area contributed by atoms with Crippen molar-refractivity contribution in [2.24, 2.45) is 0 Å². The number of carbonyl (C=O) groups excluding carboxylic acids is 1. The van der Waals surface area contributed by atoms with Crippen LogP contribution >= 0.6 is 0 Å². The third-order valence-corrected chi connectivity index (χ3v) is 4.81. The molecule has 0 aromatic heterocycles. The Hall–Kier alpha value is -0.420. The van der Waals surface area contributed by atoms with Crippen molar-refractivity contribution >= 4 is 15.8 Å². The van der Waals surface area contributed by atoms with Gasteiger partial charge in [-0.05, 0) is 27.2 Å². The topological polar surface area (TPSA) is 54.5 Å². The number of piperidine rings is 1. The highest BCUT2D eigenvalue weighted by molar-refractivity contribution is 7.89. The van der Waals surface area contributed by atoms with Gasteiger partial charge in [0.2, 0.25) is 10.0 Å². The Morgan fingerprint density at radius 3 is 2.50 bits per heavy atom. The van der Waals surface area contributed by atoms with Gasteiger partial charge < -0.3 is 0 Å². The summed E-state index contributed by atoms with van der Waals surface area (Å²) >= 11 is 0. The summed E-state index contributed by atoms with van der Waals surface area (Å²) in [7, 11) is -3.25. The van der Waals surface area contributed by atoms with Crippen LogP contribution in [0, 0.1) is 0 Å². The number of hydrogen-bond donors (Lipinski definition) is 0. The molecule has 0 saturated carbocycles. The molecule has 82 valence electrons. The molecule has 1 fully saturated rings. The van der Waals surface area contributed by atoms with E-state index in [0.717, 1.165) is 0 Å². The van der Waals surface area contributed by atoms with Crippen molar-refractivity contribution in [1.82, 2.24) is 4.31 Å². The van der Waals surface area contributed by atoms with Gasteiger partial charge in [-0.1, -0.05) is 0 Å². The largest absolute Gasteiger partial charge is 0.298 e. The molecule has 0 aromatic carbocycles. The third-order valence-electron chi connectivity index (χ3n) is 2.77. The first-order valence-corrected chi connectivity index (χ1v) is 6.47. The lowest BCUT2D eigenvalue weighted by Gasteiger charge is -2.39. The highest BCUT2D eigenvalue weighted by Gasteiger charge is 2.42. The number of Topliss-reactive ketones (excluding diaryl/α,β-unsaturated/α-hetero) is 1. The van der Waals surface area contributed by atoms with Crippen LogP contribution in [-0.2, 0) is 14.8 Å². The summed E-state index contributed by atoms with van der Waals surface area (Å²) in [5.74, 6) is 0.0738. The van der Waals surface area contributed by atoms with E-state index in [1.165, 1.54) is 4.31 Å². The standard InChI is InChI=1S/C9H17NO3S/c1-4-14(12,13)10-7-5-6-8(11)9(10,2)3/h4-7H2,1-3H3. The number of sulfonamides is 1. The first-order valence-electron chi connectivity index (χ1n) is 4.86. The molecule has 5 heteroatoms. The monoisotopic (exact) mass is 219 g/mol. The van der Waals surface area contributed by atoms with Gasteiger partial charge in [-0.3, -0.25) is 4.79 Å². The summed E-state index contributed by atoms with van der Waals surface area (Å²) in [6.07, 6.45) is 1.13. The second kappa shape index (κ2) is 3.62. The van der Waals surface area contributed by atoms with Gasteiger partial charge in [0.15, 0.2) is 5.78 Å². The predicted octanol–water partition coefficient (Wildman–Crippen LogP) is 0.780. The van der Waals surface area contributed by atoms with E-state index in [1.54, 1.807) is 20.8 Å². The summed E-state index contributed by atoms with van der Waals surface area (Å²) < 4.78 is 24.7. The molecule has 1 saturated heterocycles. The van der Waals surface area contributed by atoms with E-state index in [9.17, 15) is 13.2 Å². The molecule has 0 N–H and O–H groups in total. The molecule has 0 amide bonds. The van der Waals surface area contributed by atoms with Crippen molar-refractivity contribution in [3.8, 4) is 0 Å². The van der Waals surface area contributed by atoms with Crippen LogP contribution in [-0.4, -0.2) is 36.3 Å². The lowest BCUT2D eigenvalue weighted by molar-refractivity contribution is -0.129. The van der Waals surface area contributed by atoms with E-state index < -0.39 is 15.6 Å². The zero-order valence-electron chi connectivity index (χ0n) is 8.91. The van der Waals surface area contributed by atoms with E-state index in [0.29, 0.717) is 19.4 Å². The Morgan fingerprint density at radius 1 is 1.43 bits per heavy atom. The minimum Gasteiger partial charge on any atom is -0.298 e. The molecule has 14 heavy (non-hydrogen) atoms. The van der Waals surface area contributed by atoms with Gasteiger partial charge in [-0.2, -0.15) is 4.31 Å². The number of nitrogens with zero attached hydrogens (tertiary/aromatic N) is 1. The lowest BCUT2D eigenvalue weighted by atomic mass is 9.92. The van der Waals surface area contributed by atoms with E-state index in [1.807, 2.05) is 0 Å². The number of carbonyl (C=O) groups is 1. The second-order valence-corrected chi connectivity index (χ2v) is 6.24. The fourth-order valence-electron chi connectivity index (χ4n) is 1.75. The average molecular weight is 219 g/mol. The molecule has 1 aliphatic heterocycles. The smallest absolute Gasteiger partial charge is 0.214 e. The van der Waals surface area contributed by atoms with Gasteiger partial charge >= 0.3 is 0 Å². The maximum atomic E-state index is 11.7. The molecule has 0 spiro atoms. The molecule has 0 atom stereocenters. The quantitative estimate of drug-likeness (QED) is 0.689. The van der Waals surface area contributed by atoms with E-state index in [-0.39, 0.29) is 11.5 Å². The normalized spacial score (nSPS) is 23.8. The zero-order valence-corrected chi connectivity index (χ0v) is 9.73. The van der Waals surface area contributed by atoms with Crippen molar-refractivity contribution in [3.05, 3.63) is 0 Å². The van der Waals surface area contributed by atoms with Crippen LogP contribution in [0.25, 0.3) is 0 Å². The Morgan fingerprint density at radius 2 is 2.00 bits per heavy atom. The molecule has 0 aromatic rings. The molecular formula is C9H17NO3S. The number of hydrogen-bond acceptors (Lipinski definition) is 3. The fourth-order valence-corrected chi connectivity index (χ4v) is 3.27. The van der Waals surface area contributed by atoms with Crippen LogP contribution in [0.3, 0.4) is 0 Å². The van der Waals surface area contributed by atoms with Gasteiger partial charge in [0.25, 0.3) is 0 Å². The zero-order chi connectivity index (χ0) is 11.0. The highest BCUT2D eigenvalue weighted by Crippen LogP contribution is 2.27. The third kappa shape index (κ3) is 1.83.